The van der Waals surface area contributed by atoms with E-state index in [0.717, 1.165) is 22.3 Å². The number of carbonyl (C=O) groups excluding carboxylic acids is 3. The van der Waals surface area contributed by atoms with Crippen molar-refractivity contribution in [3.05, 3.63) is 114 Å². The number of methoxy groups -OCH3 is 1. The average molecular weight is 552 g/mol. The minimum atomic E-state index is -0.373. The molecule has 9 nitrogen and oxygen atoms in total. The monoisotopic (exact) mass is 551 g/mol. The Bertz CT molecular complexity index is 1540. The van der Waals surface area contributed by atoms with Crippen LogP contribution in [0.1, 0.15) is 40.0 Å². The maximum absolute atomic E-state index is 13.3. The van der Waals surface area contributed by atoms with Crippen molar-refractivity contribution < 1.29 is 19.1 Å². The van der Waals surface area contributed by atoms with Gasteiger partial charge in [-0.25, -0.2) is 0 Å². The first-order chi connectivity index (χ1) is 19.8. The van der Waals surface area contributed by atoms with E-state index < -0.39 is 0 Å². The summed E-state index contributed by atoms with van der Waals surface area (Å²) in [4.78, 5) is 37.7. The highest BCUT2D eigenvalue weighted by Crippen LogP contribution is 2.29. The summed E-state index contributed by atoms with van der Waals surface area (Å²) in [6.45, 7) is 1.86. The second-order valence-electron chi connectivity index (χ2n) is 9.49. The Morgan fingerprint density at radius 1 is 0.976 bits per heavy atom. The fourth-order valence-electron chi connectivity index (χ4n) is 4.20. The number of nitrogens with zero attached hydrogens (tertiary/aromatic N) is 2. The second-order valence-corrected chi connectivity index (χ2v) is 9.49. The third-order valence-corrected chi connectivity index (χ3v) is 6.44. The Kier molecular flexibility index (Phi) is 9.66. The molecule has 210 valence electrons. The molecule has 0 radical (unpaired) electrons. The number of aromatic nitrogens is 2. The highest BCUT2D eigenvalue weighted by Gasteiger charge is 2.17. The van der Waals surface area contributed by atoms with Crippen molar-refractivity contribution in [3.63, 3.8) is 0 Å². The number of benzene rings is 3. The Morgan fingerprint density at radius 2 is 1.73 bits per heavy atom. The zero-order valence-corrected chi connectivity index (χ0v) is 23.3. The standard InChI is InChI=1S/C32H33N5O4/c1-22(25-15-26(17-28(16-25)41-3)27-19-35-37(2)21-27)36-32(40)29-12-8-7-11-24(29)18-33-31(39)20-34-30(38)14-13-23-9-5-4-6-10-23/h4-17,19,21-22H,18,20H2,1-3H3,(H,33,39)(H,34,38)(H,36,40)/b14-13+/t22-/m1/s1. The van der Waals surface area contributed by atoms with Crippen molar-refractivity contribution in [2.75, 3.05) is 13.7 Å². The average Bonchev–Trinajstić information content (AvgIpc) is 3.44. The number of aryl methyl sites for hydroxylation is 1. The Balaban J connectivity index is 1.35. The summed E-state index contributed by atoms with van der Waals surface area (Å²) >= 11 is 0. The molecule has 3 amide bonds. The lowest BCUT2D eigenvalue weighted by Gasteiger charge is -2.18. The number of rotatable bonds is 11. The predicted molar refractivity (Wildman–Crippen MR) is 158 cm³/mol. The van der Waals surface area contributed by atoms with Crippen LogP contribution >= 0.6 is 0 Å². The van der Waals surface area contributed by atoms with E-state index in [2.05, 4.69) is 21.0 Å². The molecule has 1 aromatic heterocycles. The van der Waals surface area contributed by atoms with Gasteiger partial charge in [-0.2, -0.15) is 5.10 Å². The van der Waals surface area contributed by atoms with Gasteiger partial charge in [0.15, 0.2) is 0 Å². The van der Waals surface area contributed by atoms with E-state index in [0.29, 0.717) is 16.9 Å². The second kappa shape index (κ2) is 13.7. The number of carbonyl (C=O) groups is 3. The summed E-state index contributed by atoms with van der Waals surface area (Å²) < 4.78 is 7.22. The van der Waals surface area contributed by atoms with Gasteiger partial charge in [0, 0.05) is 37.0 Å². The van der Waals surface area contributed by atoms with E-state index >= 15 is 0 Å². The van der Waals surface area contributed by atoms with Gasteiger partial charge in [-0.3, -0.25) is 19.1 Å². The summed E-state index contributed by atoms with van der Waals surface area (Å²) in [6, 6.07) is 22.0. The fraction of sp³-hybridized carbons (Fsp3) is 0.188. The van der Waals surface area contributed by atoms with Gasteiger partial charge in [0.25, 0.3) is 5.91 Å². The molecular weight excluding hydrogens is 518 g/mol. The van der Waals surface area contributed by atoms with Gasteiger partial charge in [0.05, 0.1) is 25.9 Å². The number of amides is 3. The minimum Gasteiger partial charge on any atom is -0.497 e. The Labute approximate surface area is 239 Å². The highest BCUT2D eigenvalue weighted by atomic mass is 16.5. The summed E-state index contributed by atoms with van der Waals surface area (Å²) in [6.07, 6.45) is 6.75. The van der Waals surface area contributed by atoms with Crippen LogP contribution in [0.25, 0.3) is 17.2 Å². The topological polar surface area (TPSA) is 114 Å². The van der Waals surface area contributed by atoms with Crippen molar-refractivity contribution in [3.8, 4) is 16.9 Å². The molecule has 41 heavy (non-hydrogen) atoms. The molecule has 0 unspecified atom stereocenters. The van der Waals surface area contributed by atoms with Gasteiger partial charge in [0.2, 0.25) is 11.8 Å². The third kappa shape index (κ3) is 8.15. The molecule has 0 bridgehead atoms. The first kappa shape index (κ1) is 28.8. The van der Waals surface area contributed by atoms with Crippen LogP contribution in [0.4, 0.5) is 0 Å². The summed E-state index contributed by atoms with van der Waals surface area (Å²) in [5.41, 5.74) is 4.73. The molecule has 3 N–H and O–H groups in total. The number of nitrogens with one attached hydrogen (secondary N) is 3. The van der Waals surface area contributed by atoms with E-state index in [1.54, 1.807) is 48.3 Å². The van der Waals surface area contributed by atoms with Gasteiger partial charge in [-0.1, -0.05) is 48.5 Å². The lowest BCUT2D eigenvalue weighted by molar-refractivity contribution is -0.124. The molecule has 0 aliphatic carbocycles. The van der Waals surface area contributed by atoms with Crippen LogP contribution in [0.3, 0.4) is 0 Å². The minimum absolute atomic E-state index is 0.136. The van der Waals surface area contributed by atoms with Crippen LogP contribution in [0.2, 0.25) is 0 Å². The summed E-state index contributed by atoms with van der Waals surface area (Å²) in [7, 11) is 3.46. The molecule has 4 rings (SSSR count). The molecule has 0 saturated heterocycles. The smallest absolute Gasteiger partial charge is 0.252 e. The van der Waals surface area contributed by atoms with E-state index in [9.17, 15) is 14.4 Å². The maximum Gasteiger partial charge on any atom is 0.252 e. The zero-order valence-electron chi connectivity index (χ0n) is 23.3. The van der Waals surface area contributed by atoms with Crippen LogP contribution in [-0.2, 0) is 23.2 Å². The van der Waals surface area contributed by atoms with Crippen molar-refractivity contribution in [1.29, 1.82) is 0 Å². The lowest BCUT2D eigenvalue weighted by atomic mass is 10.0. The van der Waals surface area contributed by atoms with Gasteiger partial charge in [0.1, 0.15) is 5.75 Å². The summed E-state index contributed by atoms with van der Waals surface area (Å²) in [5, 5.41) is 12.6. The van der Waals surface area contributed by atoms with Crippen LogP contribution in [-0.4, -0.2) is 41.2 Å². The van der Waals surface area contributed by atoms with E-state index in [4.69, 9.17) is 4.74 Å². The van der Waals surface area contributed by atoms with Crippen LogP contribution in [0.15, 0.2) is 91.3 Å². The van der Waals surface area contributed by atoms with Crippen molar-refractivity contribution in [1.82, 2.24) is 25.7 Å². The van der Waals surface area contributed by atoms with E-state index in [-0.39, 0.29) is 36.9 Å². The van der Waals surface area contributed by atoms with Crippen LogP contribution < -0.4 is 20.7 Å². The molecule has 9 heteroatoms. The maximum atomic E-state index is 13.3. The molecule has 0 spiro atoms. The van der Waals surface area contributed by atoms with Crippen LogP contribution in [0, 0.1) is 0 Å². The zero-order chi connectivity index (χ0) is 29.2. The Morgan fingerprint density at radius 3 is 2.46 bits per heavy atom. The molecule has 4 aromatic rings. The Hall–Kier alpha value is -5.18. The molecule has 0 fully saturated rings. The molecule has 0 saturated carbocycles. The quantitative estimate of drug-likeness (QED) is 0.244. The molecule has 1 atom stereocenters. The van der Waals surface area contributed by atoms with E-state index in [1.807, 2.05) is 68.7 Å². The van der Waals surface area contributed by atoms with Gasteiger partial charge in [-0.05, 0) is 59.5 Å². The molecule has 3 aromatic carbocycles. The molecule has 1 heterocycles. The third-order valence-electron chi connectivity index (χ3n) is 6.44. The first-order valence-corrected chi connectivity index (χ1v) is 13.2. The number of hydrogen-bond acceptors (Lipinski definition) is 5. The predicted octanol–water partition coefficient (Wildman–Crippen LogP) is 4.03. The molecular formula is C32H33N5O4. The normalized spacial score (nSPS) is 11.6. The van der Waals surface area contributed by atoms with E-state index in [1.165, 1.54) is 6.08 Å². The van der Waals surface area contributed by atoms with Gasteiger partial charge >= 0.3 is 0 Å². The summed E-state index contributed by atoms with van der Waals surface area (Å²) in [5.74, 6) is -0.336. The van der Waals surface area contributed by atoms with Gasteiger partial charge < -0.3 is 20.7 Å². The highest BCUT2D eigenvalue weighted by molar-refractivity contribution is 5.96. The number of ether oxygens (including phenoxy) is 1. The SMILES string of the molecule is COc1cc(-c2cnn(C)c2)cc([C@@H](C)NC(=O)c2ccccc2CNC(=O)CNC(=O)/C=C/c2ccccc2)c1. The molecule has 0 aliphatic rings. The van der Waals surface area contributed by atoms with Crippen molar-refractivity contribution >= 4 is 23.8 Å². The largest absolute Gasteiger partial charge is 0.497 e. The van der Waals surface area contributed by atoms with Crippen molar-refractivity contribution in [2.24, 2.45) is 7.05 Å². The molecule has 0 aliphatic heterocycles. The van der Waals surface area contributed by atoms with Gasteiger partial charge in [-0.15, -0.1) is 0 Å². The van der Waals surface area contributed by atoms with Crippen LogP contribution in [0.5, 0.6) is 5.75 Å². The lowest BCUT2D eigenvalue weighted by Crippen LogP contribution is -2.36. The first-order valence-electron chi connectivity index (χ1n) is 13.2. The number of hydrogen-bond donors (Lipinski definition) is 3. The van der Waals surface area contributed by atoms with Crippen molar-refractivity contribution in [2.45, 2.75) is 19.5 Å². The fourth-order valence-corrected chi connectivity index (χ4v) is 4.20.